The zero-order chi connectivity index (χ0) is 21.6. The molecule has 6 nitrogen and oxygen atoms in total. The van der Waals surface area contributed by atoms with Crippen LogP contribution in [0, 0.1) is 13.8 Å². The molecule has 0 radical (unpaired) electrons. The van der Waals surface area contributed by atoms with Gasteiger partial charge in [-0.25, -0.2) is 4.98 Å². The summed E-state index contributed by atoms with van der Waals surface area (Å²) in [5, 5.41) is 0.588. The third-order valence-corrected chi connectivity index (χ3v) is 6.56. The van der Waals surface area contributed by atoms with Gasteiger partial charge < -0.3 is 9.88 Å². The van der Waals surface area contributed by atoms with E-state index in [0.29, 0.717) is 16.0 Å². The zero-order valence-corrected chi connectivity index (χ0v) is 17.8. The summed E-state index contributed by atoms with van der Waals surface area (Å²) in [4.78, 5) is 36.8. The van der Waals surface area contributed by atoms with E-state index in [1.54, 1.807) is 18.7 Å². The standard InChI is InChI=1S/C19H25F3N4O2S/c1-11-12(2)29-17-15(11)16(28)23-13(24-17)5-6-14(27)25-7-8-26(10-19(20,21)22)18(3,4)9-25/h5-10H2,1-4H3,(H,23,24,28). The molecule has 0 spiro atoms. The number of nitrogens with one attached hydrogen (secondary N) is 1. The summed E-state index contributed by atoms with van der Waals surface area (Å²) in [6.45, 7) is 6.93. The van der Waals surface area contributed by atoms with Gasteiger partial charge in [-0.3, -0.25) is 14.5 Å². The summed E-state index contributed by atoms with van der Waals surface area (Å²) in [7, 11) is 0. The minimum Gasteiger partial charge on any atom is -0.340 e. The Kier molecular flexibility index (Phi) is 5.79. The Hall–Kier alpha value is -1.94. The minimum atomic E-state index is -4.27. The van der Waals surface area contributed by atoms with Crippen molar-refractivity contribution >= 4 is 27.5 Å². The Morgan fingerprint density at radius 2 is 1.97 bits per heavy atom. The zero-order valence-electron chi connectivity index (χ0n) is 16.9. The average Bonchev–Trinajstić information content (AvgIpc) is 2.88. The van der Waals surface area contributed by atoms with E-state index in [1.165, 1.54) is 16.2 Å². The maximum Gasteiger partial charge on any atom is 0.401 e. The number of nitrogens with zero attached hydrogens (tertiary/aromatic N) is 3. The van der Waals surface area contributed by atoms with Crippen LogP contribution in [-0.4, -0.2) is 63.6 Å². The predicted molar refractivity (Wildman–Crippen MR) is 106 cm³/mol. The van der Waals surface area contributed by atoms with E-state index in [0.717, 1.165) is 10.4 Å². The summed E-state index contributed by atoms with van der Waals surface area (Å²) in [6, 6.07) is 0. The molecular formula is C19H25F3N4O2S. The monoisotopic (exact) mass is 430 g/mol. The van der Waals surface area contributed by atoms with Gasteiger partial charge in [0.2, 0.25) is 5.91 Å². The van der Waals surface area contributed by atoms with Crippen LogP contribution in [0.4, 0.5) is 13.2 Å². The highest BCUT2D eigenvalue weighted by atomic mass is 32.1. The van der Waals surface area contributed by atoms with E-state index in [1.807, 2.05) is 13.8 Å². The summed E-state index contributed by atoms with van der Waals surface area (Å²) >= 11 is 1.45. The van der Waals surface area contributed by atoms with Crippen LogP contribution in [0.2, 0.25) is 0 Å². The van der Waals surface area contributed by atoms with Gasteiger partial charge in [0, 0.05) is 42.9 Å². The number of aryl methyl sites for hydroxylation is 3. The maximum atomic E-state index is 12.8. The smallest absolute Gasteiger partial charge is 0.340 e. The van der Waals surface area contributed by atoms with Crippen molar-refractivity contribution in [2.45, 2.75) is 52.3 Å². The lowest BCUT2D eigenvalue weighted by Crippen LogP contribution is -2.62. The number of carbonyl (C=O) groups is 1. The van der Waals surface area contributed by atoms with Crippen LogP contribution in [0.15, 0.2) is 4.79 Å². The van der Waals surface area contributed by atoms with Crippen molar-refractivity contribution in [1.29, 1.82) is 0 Å². The number of amides is 1. The second kappa shape index (κ2) is 7.71. The fraction of sp³-hybridized carbons (Fsp3) is 0.632. The first kappa shape index (κ1) is 21.8. The van der Waals surface area contributed by atoms with Gasteiger partial charge in [0.1, 0.15) is 10.7 Å². The van der Waals surface area contributed by atoms with E-state index in [2.05, 4.69) is 9.97 Å². The summed E-state index contributed by atoms with van der Waals surface area (Å²) in [5.41, 5.74) is -0.0532. The molecule has 0 unspecified atom stereocenters. The molecule has 0 bridgehead atoms. The molecule has 2 aromatic heterocycles. The Labute approximate surface area is 170 Å². The van der Waals surface area contributed by atoms with Gasteiger partial charge >= 0.3 is 6.18 Å². The molecule has 0 saturated carbocycles. The van der Waals surface area contributed by atoms with Crippen molar-refractivity contribution in [2.24, 2.45) is 0 Å². The SMILES string of the molecule is Cc1sc2nc(CCC(=O)N3CCN(CC(F)(F)F)C(C)(C)C3)[nH]c(=O)c2c1C. The third-order valence-electron chi connectivity index (χ3n) is 5.46. The molecule has 10 heteroatoms. The molecule has 0 aliphatic carbocycles. The molecule has 3 heterocycles. The fourth-order valence-corrected chi connectivity index (χ4v) is 4.76. The first-order valence-corrected chi connectivity index (χ1v) is 10.3. The summed E-state index contributed by atoms with van der Waals surface area (Å²) in [5.74, 6) is 0.304. The Balaban J connectivity index is 1.64. The van der Waals surface area contributed by atoms with Crippen molar-refractivity contribution in [1.82, 2.24) is 19.8 Å². The average molecular weight is 430 g/mol. The Bertz CT molecular complexity index is 980. The lowest BCUT2D eigenvalue weighted by atomic mass is 9.98. The predicted octanol–water partition coefficient (Wildman–Crippen LogP) is 3.02. The van der Waals surface area contributed by atoms with Crippen molar-refractivity contribution in [2.75, 3.05) is 26.2 Å². The molecule has 1 aliphatic heterocycles. The highest BCUT2D eigenvalue weighted by Crippen LogP contribution is 2.27. The van der Waals surface area contributed by atoms with Gasteiger partial charge in [-0.05, 0) is 33.3 Å². The van der Waals surface area contributed by atoms with E-state index >= 15 is 0 Å². The number of rotatable bonds is 4. The highest BCUT2D eigenvalue weighted by Gasteiger charge is 2.41. The van der Waals surface area contributed by atoms with Gasteiger partial charge in [-0.15, -0.1) is 11.3 Å². The van der Waals surface area contributed by atoms with E-state index in [9.17, 15) is 22.8 Å². The van der Waals surface area contributed by atoms with Crippen molar-refractivity contribution < 1.29 is 18.0 Å². The summed E-state index contributed by atoms with van der Waals surface area (Å²) in [6.07, 6.45) is -3.84. The molecule has 3 rings (SSSR count). The van der Waals surface area contributed by atoms with Crippen LogP contribution in [0.25, 0.3) is 10.2 Å². The van der Waals surface area contributed by atoms with E-state index in [-0.39, 0.29) is 43.9 Å². The van der Waals surface area contributed by atoms with Crippen LogP contribution in [0.5, 0.6) is 0 Å². The second-order valence-electron chi connectivity index (χ2n) is 8.14. The normalized spacial score (nSPS) is 17.8. The van der Waals surface area contributed by atoms with Gasteiger partial charge in [0.15, 0.2) is 0 Å². The van der Waals surface area contributed by atoms with Crippen LogP contribution in [-0.2, 0) is 11.2 Å². The first-order chi connectivity index (χ1) is 13.4. The number of carbonyl (C=O) groups excluding carboxylic acids is 1. The number of hydrogen-bond acceptors (Lipinski definition) is 5. The number of aromatic amines is 1. The number of hydrogen-bond donors (Lipinski definition) is 1. The highest BCUT2D eigenvalue weighted by molar-refractivity contribution is 7.18. The minimum absolute atomic E-state index is 0.146. The molecule has 1 amide bonds. The Morgan fingerprint density at radius 1 is 1.28 bits per heavy atom. The number of aromatic nitrogens is 2. The molecule has 1 fully saturated rings. The maximum absolute atomic E-state index is 12.8. The number of H-pyrrole nitrogens is 1. The molecule has 1 aliphatic rings. The molecular weight excluding hydrogens is 405 g/mol. The van der Waals surface area contributed by atoms with Crippen molar-refractivity contribution in [3.63, 3.8) is 0 Å². The quantitative estimate of drug-likeness (QED) is 0.810. The molecule has 1 N–H and O–H groups in total. The van der Waals surface area contributed by atoms with Gasteiger partial charge in [-0.2, -0.15) is 13.2 Å². The summed E-state index contributed by atoms with van der Waals surface area (Å²) < 4.78 is 38.3. The molecule has 1 saturated heterocycles. The lowest BCUT2D eigenvalue weighted by molar-refractivity contribution is -0.167. The lowest BCUT2D eigenvalue weighted by Gasteiger charge is -2.47. The van der Waals surface area contributed by atoms with Gasteiger partial charge in [-0.1, -0.05) is 0 Å². The topological polar surface area (TPSA) is 69.3 Å². The number of alkyl halides is 3. The molecule has 0 aromatic carbocycles. The van der Waals surface area contributed by atoms with Crippen LogP contribution in [0.3, 0.4) is 0 Å². The number of halogens is 3. The number of thiophene rings is 1. The fourth-order valence-electron chi connectivity index (χ4n) is 3.71. The van der Waals surface area contributed by atoms with Crippen LogP contribution >= 0.6 is 11.3 Å². The van der Waals surface area contributed by atoms with Gasteiger partial charge in [0.05, 0.1) is 11.9 Å². The largest absolute Gasteiger partial charge is 0.401 e. The molecule has 29 heavy (non-hydrogen) atoms. The van der Waals surface area contributed by atoms with E-state index in [4.69, 9.17) is 0 Å². The second-order valence-corrected chi connectivity index (χ2v) is 9.34. The van der Waals surface area contributed by atoms with E-state index < -0.39 is 18.3 Å². The number of fused-ring (bicyclic) bond motifs is 1. The van der Waals surface area contributed by atoms with Crippen LogP contribution in [0.1, 0.15) is 36.5 Å². The van der Waals surface area contributed by atoms with Crippen LogP contribution < -0.4 is 5.56 Å². The molecule has 0 atom stereocenters. The number of piperazine rings is 1. The van der Waals surface area contributed by atoms with Gasteiger partial charge in [0.25, 0.3) is 5.56 Å². The molecule has 160 valence electrons. The van der Waals surface area contributed by atoms with Crippen molar-refractivity contribution in [3.8, 4) is 0 Å². The first-order valence-electron chi connectivity index (χ1n) is 9.46. The third kappa shape index (κ3) is 4.80. The van der Waals surface area contributed by atoms with Crippen molar-refractivity contribution in [3.05, 3.63) is 26.6 Å². The molecule has 2 aromatic rings. The Morgan fingerprint density at radius 3 is 2.59 bits per heavy atom.